The van der Waals surface area contributed by atoms with Crippen molar-refractivity contribution in [1.82, 2.24) is 4.90 Å². The fourth-order valence-corrected chi connectivity index (χ4v) is 3.87. The highest BCUT2D eigenvalue weighted by atomic mass is 127. The molecule has 3 rings (SSSR count). The first kappa shape index (κ1) is 22.0. The molecule has 1 fully saturated rings. The normalized spacial score (nSPS) is 16.6. The summed E-state index contributed by atoms with van der Waals surface area (Å²) < 4.78 is 32.4. The van der Waals surface area contributed by atoms with Crippen LogP contribution in [-0.4, -0.2) is 43.7 Å². The molecule has 0 radical (unpaired) electrons. The molecule has 1 aromatic carbocycles. The molecular formula is C18H23F2IN4OS. The van der Waals surface area contributed by atoms with Gasteiger partial charge in [0.25, 0.3) is 0 Å². The summed E-state index contributed by atoms with van der Waals surface area (Å²) in [7, 11) is 0. The van der Waals surface area contributed by atoms with E-state index in [1.807, 2.05) is 0 Å². The van der Waals surface area contributed by atoms with E-state index >= 15 is 0 Å². The van der Waals surface area contributed by atoms with Gasteiger partial charge < -0.3 is 15.8 Å². The topological polar surface area (TPSA) is 62.9 Å². The second-order valence-electron chi connectivity index (χ2n) is 6.09. The number of nitrogens with zero attached hydrogens (tertiary/aromatic N) is 2. The zero-order chi connectivity index (χ0) is 18.5. The van der Waals surface area contributed by atoms with Gasteiger partial charge in [-0.1, -0.05) is 0 Å². The molecule has 1 unspecified atom stereocenters. The maximum absolute atomic E-state index is 13.7. The molecule has 1 aliphatic heterocycles. The van der Waals surface area contributed by atoms with Gasteiger partial charge in [-0.3, -0.25) is 9.89 Å². The number of morpholine rings is 1. The first-order valence-electron chi connectivity index (χ1n) is 8.43. The SMILES string of the molecule is Cc1ccc(C(CN=C(N)Nc2cc(F)ccc2F)N2CCOCC2)s1.I. The van der Waals surface area contributed by atoms with Crippen LogP contribution in [0, 0.1) is 18.6 Å². The van der Waals surface area contributed by atoms with Crippen molar-refractivity contribution in [3.05, 3.63) is 51.7 Å². The van der Waals surface area contributed by atoms with E-state index in [9.17, 15) is 8.78 Å². The quantitative estimate of drug-likeness (QED) is 0.367. The molecule has 0 amide bonds. The molecule has 148 valence electrons. The summed E-state index contributed by atoms with van der Waals surface area (Å²) in [5.41, 5.74) is 5.87. The van der Waals surface area contributed by atoms with Gasteiger partial charge in [-0.05, 0) is 31.2 Å². The van der Waals surface area contributed by atoms with E-state index in [-0.39, 0.29) is 41.7 Å². The fraction of sp³-hybridized carbons (Fsp3) is 0.389. The second kappa shape index (κ2) is 10.3. The first-order valence-corrected chi connectivity index (χ1v) is 9.24. The number of ether oxygens (including phenoxy) is 1. The Bertz CT molecular complexity index is 780. The molecule has 9 heteroatoms. The van der Waals surface area contributed by atoms with Gasteiger partial charge in [-0.15, -0.1) is 35.3 Å². The minimum Gasteiger partial charge on any atom is -0.379 e. The second-order valence-corrected chi connectivity index (χ2v) is 7.41. The molecule has 1 saturated heterocycles. The van der Waals surface area contributed by atoms with E-state index in [1.165, 1.54) is 9.75 Å². The number of aliphatic imine (C=N–C) groups is 1. The molecule has 1 atom stereocenters. The van der Waals surface area contributed by atoms with Crippen molar-refractivity contribution in [3.63, 3.8) is 0 Å². The highest BCUT2D eigenvalue weighted by Crippen LogP contribution is 2.28. The van der Waals surface area contributed by atoms with Crippen LogP contribution in [0.4, 0.5) is 14.5 Å². The van der Waals surface area contributed by atoms with Crippen molar-refractivity contribution in [2.75, 3.05) is 38.2 Å². The number of aryl methyl sites for hydroxylation is 1. The Balaban J connectivity index is 0.00000261. The summed E-state index contributed by atoms with van der Waals surface area (Å²) in [4.78, 5) is 9.12. The van der Waals surface area contributed by atoms with Crippen molar-refractivity contribution in [2.24, 2.45) is 10.7 Å². The molecular weight excluding hydrogens is 485 g/mol. The third kappa shape index (κ3) is 6.09. The molecule has 2 heterocycles. The monoisotopic (exact) mass is 508 g/mol. The molecule has 0 aliphatic carbocycles. The summed E-state index contributed by atoms with van der Waals surface area (Å²) in [5.74, 6) is -1.06. The van der Waals surface area contributed by atoms with Crippen LogP contribution in [0.15, 0.2) is 35.3 Å². The summed E-state index contributed by atoms with van der Waals surface area (Å²) in [6, 6.07) is 7.43. The van der Waals surface area contributed by atoms with Crippen molar-refractivity contribution >= 4 is 47.0 Å². The van der Waals surface area contributed by atoms with Crippen LogP contribution in [0.1, 0.15) is 15.8 Å². The minimum absolute atomic E-state index is 0. The van der Waals surface area contributed by atoms with Crippen LogP contribution in [0.2, 0.25) is 0 Å². The average molecular weight is 508 g/mol. The summed E-state index contributed by atoms with van der Waals surface area (Å²) >= 11 is 1.73. The van der Waals surface area contributed by atoms with Gasteiger partial charge in [0.15, 0.2) is 5.96 Å². The number of halogens is 3. The number of thiophene rings is 1. The lowest BCUT2D eigenvalue weighted by Gasteiger charge is -2.33. The average Bonchev–Trinajstić information content (AvgIpc) is 3.05. The Kier molecular flexibility index (Phi) is 8.39. The predicted octanol–water partition coefficient (Wildman–Crippen LogP) is 3.75. The standard InChI is InChI=1S/C18H22F2N4OS.HI/c1-12-2-5-17(26-12)16(24-6-8-25-9-7-24)11-22-18(21)23-15-10-13(19)3-4-14(15)20;/h2-5,10,16H,6-9,11H2,1H3,(H3,21,22,23);1H. The van der Waals surface area contributed by atoms with Gasteiger partial charge in [0.1, 0.15) is 11.6 Å². The van der Waals surface area contributed by atoms with Crippen LogP contribution < -0.4 is 11.1 Å². The van der Waals surface area contributed by atoms with E-state index in [1.54, 1.807) is 11.3 Å². The number of rotatable bonds is 5. The fourth-order valence-electron chi connectivity index (χ4n) is 2.86. The lowest BCUT2D eigenvalue weighted by Crippen LogP contribution is -2.40. The van der Waals surface area contributed by atoms with Crippen molar-refractivity contribution in [2.45, 2.75) is 13.0 Å². The number of hydrogen-bond acceptors (Lipinski definition) is 4. The van der Waals surface area contributed by atoms with E-state index in [2.05, 4.69) is 34.3 Å². The van der Waals surface area contributed by atoms with Crippen LogP contribution in [0.25, 0.3) is 0 Å². The van der Waals surface area contributed by atoms with Gasteiger partial charge in [0, 0.05) is 28.9 Å². The molecule has 0 saturated carbocycles. The van der Waals surface area contributed by atoms with Gasteiger partial charge in [-0.25, -0.2) is 8.78 Å². The van der Waals surface area contributed by atoms with Crippen LogP contribution >= 0.6 is 35.3 Å². The third-order valence-electron chi connectivity index (χ3n) is 4.20. The number of hydrogen-bond donors (Lipinski definition) is 2. The molecule has 0 bridgehead atoms. The summed E-state index contributed by atoms with van der Waals surface area (Å²) in [6.07, 6.45) is 0. The van der Waals surface area contributed by atoms with Crippen molar-refractivity contribution in [3.8, 4) is 0 Å². The highest BCUT2D eigenvalue weighted by Gasteiger charge is 2.23. The Labute approximate surface area is 178 Å². The van der Waals surface area contributed by atoms with Crippen LogP contribution in [-0.2, 0) is 4.74 Å². The Hall–Kier alpha value is -1.30. The molecule has 1 aromatic heterocycles. The Morgan fingerprint density at radius 2 is 2.04 bits per heavy atom. The van der Waals surface area contributed by atoms with Gasteiger partial charge in [0.2, 0.25) is 0 Å². The lowest BCUT2D eigenvalue weighted by molar-refractivity contribution is 0.0187. The van der Waals surface area contributed by atoms with E-state index in [0.717, 1.165) is 31.3 Å². The molecule has 27 heavy (non-hydrogen) atoms. The van der Waals surface area contributed by atoms with Crippen LogP contribution in [0.3, 0.4) is 0 Å². The maximum Gasteiger partial charge on any atom is 0.193 e. The number of guanidine groups is 1. The summed E-state index contributed by atoms with van der Waals surface area (Å²) in [6.45, 7) is 5.51. The highest BCUT2D eigenvalue weighted by molar-refractivity contribution is 14.0. The van der Waals surface area contributed by atoms with Gasteiger partial charge >= 0.3 is 0 Å². The number of nitrogens with two attached hydrogens (primary N) is 1. The molecule has 2 aromatic rings. The number of anilines is 1. The maximum atomic E-state index is 13.7. The Morgan fingerprint density at radius 3 is 2.70 bits per heavy atom. The molecule has 1 aliphatic rings. The van der Waals surface area contributed by atoms with E-state index in [4.69, 9.17) is 10.5 Å². The number of nitrogens with one attached hydrogen (secondary N) is 1. The lowest BCUT2D eigenvalue weighted by atomic mass is 10.2. The zero-order valence-corrected chi connectivity index (χ0v) is 18.1. The molecule has 0 spiro atoms. The minimum atomic E-state index is -0.580. The predicted molar refractivity (Wildman–Crippen MR) is 116 cm³/mol. The van der Waals surface area contributed by atoms with Crippen LogP contribution in [0.5, 0.6) is 0 Å². The third-order valence-corrected chi connectivity index (χ3v) is 5.30. The zero-order valence-electron chi connectivity index (χ0n) is 15.0. The summed E-state index contributed by atoms with van der Waals surface area (Å²) in [5, 5.41) is 2.64. The van der Waals surface area contributed by atoms with Gasteiger partial charge in [-0.2, -0.15) is 0 Å². The Morgan fingerprint density at radius 1 is 1.30 bits per heavy atom. The molecule has 3 N–H and O–H groups in total. The molecule has 5 nitrogen and oxygen atoms in total. The first-order chi connectivity index (χ1) is 12.5. The largest absolute Gasteiger partial charge is 0.379 e. The van der Waals surface area contributed by atoms with Crippen molar-refractivity contribution < 1.29 is 13.5 Å². The smallest absolute Gasteiger partial charge is 0.193 e. The van der Waals surface area contributed by atoms with Gasteiger partial charge in [0.05, 0.1) is 31.5 Å². The van der Waals surface area contributed by atoms with Crippen molar-refractivity contribution in [1.29, 1.82) is 0 Å². The number of benzene rings is 1. The van der Waals surface area contributed by atoms with E-state index in [0.29, 0.717) is 19.8 Å². The van der Waals surface area contributed by atoms with E-state index < -0.39 is 11.6 Å².